The second-order valence-corrected chi connectivity index (χ2v) is 17.7. The number of nitrogens with zero attached hydrogens (tertiary/aromatic N) is 9. The van der Waals surface area contributed by atoms with Crippen LogP contribution in [0.2, 0.25) is 0 Å². The van der Waals surface area contributed by atoms with Crippen molar-refractivity contribution < 1.29 is 32.3 Å². The Morgan fingerprint density at radius 2 is 1.60 bits per heavy atom. The number of imide groups is 2. The summed E-state index contributed by atoms with van der Waals surface area (Å²) in [4.78, 5) is 75.9. The van der Waals surface area contributed by atoms with E-state index in [0.717, 1.165) is 68.2 Å². The molecule has 0 radical (unpaired) electrons. The number of likely N-dealkylation sites (tertiary alicyclic amines) is 1. The summed E-state index contributed by atoms with van der Waals surface area (Å²) in [5.74, 6) is -2.51. The van der Waals surface area contributed by atoms with E-state index in [4.69, 9.17) is 0 Å². The van der Waals surface area contributed by atoms with Gasteiger partial charge in [0.2, 0.25) is 17.8 Å². The zero-order valence-electron chi connectivity index (χ0n) is 35.1. The zero-order chi connectivity index (χ0) is 43.8. The Balaban J connectivity index is 0.715. The molecule has 63 heavy (non-hydrogen) atoms. The number of aromatic nitrogens is 5. The minimum atomic E-state index is -1.10. The second-order valence-electron chi connectivity index (χ2n) is 17.7. The van der Waals surface area contributed by atoms with Gasteiger partial charge in [-0.15, -0.1) is 0 Å². The van der Waals surface area contributed by atoms with E-state index in [-0.39, 0.29) is 70.5 Å². The molecule has 0 spiro atoms. The van der Waals surface area contributed by atoms with Gasteiger partial charge in [0.15, 0.2) is 11.6 Å². The van der Waals surface area contributed by atoms with Crippen molar-refractivity contribution in [2.75, 3.05) is 42.9 Å². The number of hydrogen-bond acceptors (Lipinski definition) is 12. The summed E-state index contributed by atoms with van der Waals surface area (Å²) in [5, 5.41) is 5.24. The molecule has 18 heteroatoms. The van der Waals surface area contributed by atoms with Crippen LogP contribution in [-0.4, -0.2) is 114 Å². The molecule has 9 heterocycles. The number of hydrogen-bond donors (Lipinski definition) is 2. The monoisotopic (exact) mass is 861 g/mol. The predicted molar refractivity (Wildman–Crippen MR) is 226 cm³/mol. The number of fused-ring (bicyclic) bond motifs is 4. The van der Waals surface area contributed by atoms with Crippen molar-refractivity contribution in [3.05, 3.63) is 88.8 Å². The first kappa shape index (κ1) is 40.8. The predicted octanol–water partition coefficient (Wildman–Crippen LogP) is 5.51. The second kappa shape index (κ2) is 15.8. The molecule has 326 valence electrons. The van der Waals surface area contributed by atoms with E-state index in [0.29, 0.717) is 36.2 Å². The maximum atomic E-state index is 15.6. The number of pyridine rings is 1. The summed E-state index contributed by atoms with van der Waals surface area (Å²) in [7, 11) is 0. The van der Waals surface area contributed by atoms with Crippen LogP contribution in [0.1, 0.15) is 84.1 Å². The first-order chi connectivity index (χ1) is 30.3. The van der Waals surface area contributed by atoms with E-state index in [2.05, 4.69) is 40.4 Å². The lowest BCUT2D eigenvalue weighted by molar-refractivity contribution is -0.136. The number of halogens is 3. The summed E-state index contributed by atoms with van der Waals surface area (Å²) in [6.45, 7) is 10.6. The molecule has 0 saturated carbocycles. The van der Waals surface area contributed by atoms with Gasteiger partial charge in [-0.1, -0.05) is 6.07 Å². The Hall–Kier alpha value is -6.27. The van der Waals surface area contributed by atoms with E-state index in [1.165, 1.54) is 12.1 Å². The lowest BCUT2D eigenvalue weighted by Gasteiger charge is -2.58. The van der Waals surface area contributed by atoms with Gasteiger partial charge in [-0.05, 0) is 101 Å². The van der Waals surface area contributed by atoms with Gasteiger partial charge in [-0.3, -0.25) is 39.2 Å². The lowest BCUT2D eigenvalue weighted by Crippen LogP contribution is -2.69. The van der Waals surface area contributed by atoms with Crippen molar-refractivity contribution >= 4 is 52.1 Å². The van der Waals surface area contributed by atoms with Gasteiger partial charge in [-0.25, -0.2) is 33.1 Å². The van der Waals surface area contributed by atoms with Gasteiger partial charge in [-0.2, -0.15) is 0 Å². The SMILES string of the molecule is Cc1nc2c(F)cc(-c3nc(Nc4ccc(CN5CCC(CN6C7CC6CN(c6cc8c(cc6F)C(=O)N(C6CCC(=O)NC6=O)C8=O)C7)CC5)cn4)ncc3F)cc2n1C(C)C. The van der Waals surface area contributed by atoms with Crippen LogP contribution >= 0.6 is 0 Å². The van der Waals surface area contributed by atoms with Crippen molar-refractivity contribution in [3.8, 4) is 11.3 Å². The van der Waals surface area contributed by atoms with E-state index in [1.807, 2.05) is 42.4 Å². The van der Waals surface area contributed by atoms with Crippen LogP contribution in [0.4, 0.5) is 30.6 Å². The minimum Gasteiger partial charge on any atom is -0.366 e. The highest BCUT2D eigenvalue weighted by atomic mass is 19.1. The Bertz CT molecular complexity index is 2690. The molecule has 5 saturated heterocycles. The van der Waals surface area contributed by atoms with Crippen molar-refractivity contribution in [2.24, 2.45) is 5.92 Å². The number of anilines is 3. The smallest absolute Gasteiger partial charge is 0.262 e. The number of carbonyl (C=O) groups excluding carboxylic acids is 4. The number of piperidine rings is 3. The van der Waals surface area contributed by atoms with Crippen LogP contribution in [0.5, 0.6) is 0 Å². The quantitative estimate of drug-likeness (QED) is 0.170. The van der Waals surface area contributed by atoms with Crippen LogP contribution < -0.4 is 15.5 Å². The average Bonchev–Trinajstić information content (AvgIpc) is 3.73. The van der Waals surface area contributed by atoms with Crippen molar-refractivity contribution in [1.82, 2.24) is 44.5 Å². The van der Waals surface area contributed by atoms with Crippen LogP contribution in [0, 0.1) is 30.3 Å². The molecule has 5 aromatic rings. The molecule has 2 aromatic carbocycles. The minimum absolute atomic E-state index is 0.0140. The number of carbonyl (C=O) groups is 4. The third-order valence-corrected chi connectivity index (χ3v) is 13.3. The number of benzene rings is 2. The third-order valence-electron chi connectivity index (χ3n) is 13.3. The molecule has 4 amide bonds. The van der Waals surface area contributed by atoms with Gasteiger partial charge in [0.1, 0.15) is 34.7 Å². The van der Waals surface area contributed by atoms with Crippen LogP contribution in [0.25, 0.3) is 22.3 Å². The summed E-state index contributed by atoms with van der Waals surface area (Å²) in [6, 6.07) is 8.77. The first-order valence-electron chi connectivity index (χ1n) is 21.5. The topological polar surface area (TPSA) is 162 Å². The van der Waals surface area contributed by atoms with Gasteiger partial charge in [0, 0.05) is 62.5 Å². The highest BCUT2D eigenvalue weighted by Crippen LogP contribution is 2.40. The molecule has 6 aliphatic rings. The van der Waals surface area contributed by atoms with Crippen LogP contribution in [0.3, 0.4) is 0 Å². The van der Waals surface area contributed by atoms with Gasteiger partial charge in [0.05, 0.1) is 28.5 Å². The molecular formula is C45H46F3N11O4. The highest BCUT2D eigenvalue weighted by molar-refractivity contribution is 6.23. The Labute approximate surface area is 360 Å². The Morgan fingerprint density at radius 3 is 2.30 bits per heavy atom. The van der Waals surface area contributed by atoms with E-state index in [1.54, 1.807) is 12.3 Å². The maximum absolute atomic E-state index is 15.6. The van der Waals surface area contributed by atoms with Crippen molar-refractivity contribution in [1.29, 1.82) is 0 Å². The van der Waals surface area contributed by atoms with E-state index >= 15 is 13.2 Å². The highest BCUT2D eigenvalue weighted by Gasteiger charge is 2.48. The summed E-state index contributed by atoms with van der Waals surface area (Å²) >= 11 is 0. The standard InChI is InChI=1S/C45H46F3N11O4/c1-23(2)58-24(3)51-41-33(47)12-27(13-37(41)58)40-34(48)18-50-45(54-40)52-38-6-4-26(17-49-38)19-55-10-8-25(9-11-55)20-57-28-14-29(57)22-56(21-28)36-16-31-30(15-32(36)46)43(62)59(44(31)63)35-5-7-39(60)53-42(35)61/h4,6,12-13,15-18,23,25,28-29,35H,5,7-11,14,19-22H2,1-3H3,(H,53,60,61)(H,49,50,52,54). The van der Waals surface area contributed by atoms with Crippen LogP contribution in [-0.2, 0) is 16.1 Å². The Kier molecular flexibility index (Phi) is 10.2. The van der Waals surface area contributed by atoms with Gasteiger partial charge < -0.3 is 14.8 Å². The number of rotatable bonds is 10. The fourth-order valence-electron chi connectivity index (χ4n) is 10.2. The molecular weight excluding hydrogens is 816 g/mol. The Morgan fingerprint density at radius 1 is 0.857 bits per heavy atom. The number of imidazole rings is 1. The molecule has 0 aliphatic carbocycles. The molecule has 11 rings (SSSR count). The number of amides is 4. The number of aryl methyl sites for hydroxylation is 1. The molecule has 2 bridgehead atoms. The molecule has 2 N–H and O–H groups in total. The van der Waals surface area contributed by atoms with Gasteiger partial charge >= 0.3 is 0 Å². The van der Waals surface area contributed by atoms with Crippen molar-refractivity contribution in [3.63, 3.8) is 0 Å². The maximum Gasteiger partial charge on any atom is 0.262 e. The molecule has 3 unspecified atom stereocenters. The summed E-state index contributed by atoms with van der Waals surface area (Å²) in [6.07, 6.45) is 6.04. The largest absolute Gasteiger partial charge is 0.366 e. The first-order valence-corrected chi connectivity index (χ1v) is 21.5. The summed E-state index contributed by atoms with van der Waals surface area (Å²) < 4.78 is 47.7. The van der Waals surface area contributed by atoms with E-state index < -0.39 is 47.1 Å². The van der Waals surface area contributed by atoms with Crippen LogP contribution in [0.15, 0.2) is 48.8 Å². The fourth-order valence-corrected chi connectivity index (χ4v) is 10.2. The summed E-state index contributed by atoms with van der Waals surface area (Å²) in [5.41, 5.74) is 2.39. The van der Waals surface area contributed by atoms with E-state index in [9.17, 15) is 19.2 Å². The molecule has 3 aromatic heterocycles. The molecule has 5 fully saturated rings. The molecule has 6 aliphatic heterocycles. The fraction of sp³-hybridized carbons (Fsp3) is 0.422. The number of nitrogens with one attached hydrogen (secondary N) is 2. The number of piperazine rings is 1. The lowest BCUT2D eigenvalue weighted by atomic mass is 9.84. The van der Waals surface area contributed by atoms with Crippen molar-refractivity contribution in [2.45, 2.75) is 83.6 Å². The zero-order valence-corrected chi connectivity index (χ0v) is 35.1. The normalized spacial score (nSPS) is 22.0. The third kappa shape index (κ3) is 7.37. The average molecular weight is 862 g/mol. The van der Waals surface area contributed by atoms with Gasteiger partial charge in [0.25, 0.3) is 11.8 Å². The molecule has 15 nitrogen and oxygen atoms in total. The molecule has 3 atom stereocenters.